The molecule has 0 aliphatic rings. The second-order valence-corrected chi connectivity index (χ2v) is 2.30. The minimum atomic E-state index is -0.846. The summed E-state index contributed by atoms with van der Waals surface area (Å²) in [5, 5.41) is 8.98. The minimum absolute atomic E-state index is 0.794. The predicted molar refractivity (Wildman–Crippen MR) is 40.3 cm³/mol. The average Bonchev–Trinajstić information content (AvgIpc) is 1.88. The minimum Gasteiger partial charge on any atom is -0.375 e. The van der Waals surface area contributed by atoms with Crippen molar-refractivity contribution >= 4 is 0 Å². The highest BCUT2D eigenvalue weighted by atomic mass is 16.3. The first-order valence-corrected chi connectivity index (χ1v) is 3.21. The molecule has 1 rings (SSSR count). The van der Waals surface area contributed by atoms with Crippen LogP contribution in [0.4, 0.5) is 0 Å². The molecule has 0 saturated carbocycles. The van der Waals surface area contributed by atoms with Crippen molar-refractivity contribution in [1.29, 1.82) is 0 Å². The zero-order valence-electron chi connectivity index (χ0n) is 5.91. The quantitative estimate of drug-likeness (QED) is 0.566. The summed E-state index contributed by atoms with van der Waals surface area (Å²) in [6.07, 6.45) is -0.846. The normalized spacial score (nSPS) is 13.1. The van der Waals surface area contributed by atoms with E-state index < -0.39 is 6.23 Å². The van der Waals surface area contributed by atoms with Crippen molar-refractivity contribution in [2.45, 2.75) is 13.2 Å². The number of aryl methyl sites for hydroxylation is 1. The molecule has 0 fully saturated rings. The van der Waals surface area contributed by atoms with Gasteiger partial charge in [0.1, 0.15) is 6.23 Å². The lowest BCUT2D eigenvalue weighted by molar-refractivity contribution is 0.185. The first-order valence-electron chi connectivity index (χ1n) is 3.21. The molecule has 3 N–H and O–H groups in total. The number of rotatable bonds is 1. The molecule has 0 aliphatic heterocycles. The standard InChI is InChI=1S/C8H11NO/c1-6-4-2-3-5-7(6)8(9)10/h2-5,8,10H,9H2,1H3. The molecule has 0 aliphatic carbocycles. The summed E-state index contributed by atoms with van der Waals surface area (Å²) in [7, 11) is 0. The molecule has 2 heteroatoms. The monoisotopic (exact) mass is 137 g/mol. The molecule has 1 aromatic carbocycles. The van der Waals surface area contributed by atoms with E-state index in [0.717, 1.165) is 11.1 Å². The molecule has 10 heavy (non-hydrogen) atoms. The van der Waals surface area contributed by atoms with Crippen LogP contribution in [0.25, 0.3) is 0 Å². The summed E-state index contributed by atoms with van der Waals surface area (Å²) < 4.78 is 0. The smallest absolute Gasteiger partial charge is 0.128 e. The molecule has 0 spiro atoms. The van der Waals surface area contributed by atoms with Gasteiger partial charge < -0.3 is 10.8 Å². The van der Waals surface area contributed by atoms with Crippen molar-refractivity contribution in [1.82, 2.24) is 0 Å². The predicted octanol–water partition coefficient (Wildman–Crippen LogP) is 0.945. The highest BCUT2D eigenvalue weighted by Crippen LogP contribution is 2.11. The van der Waals surface area contributed by atoms with Crippen LogP contribution in [0.3, 0.4) is 0 Å². The van der Waals surface area contributed by atoms with Crippen LogP contribution in [0.2, 0.25) is 0 Å². The Morgan fingerprint density at radius 2 is 2.00 bits per heavy atom. The van der Waals surface area contributed by atoms with E-state index in [-0.39, 0.29) is 0 Å². The first-order chi connectivity index (χ1) is 4.72. The molecular formula is C8H11NO. The maximum atomic E-state index is 8.98. The highest BCUT2D eigenvalue weighted by Gasteiger charge is 2.01. The molecule has 0 heterocycles. The van der Waals surface area contributed by atoms with E-state index in [1.165, 1.54) is 0 Å². The van der Waals surface area contributed by atoms with E-state index in [1.807, 2.05) is 31.2 Å². The van der Waals surface area contributed by atoms with Gasteiger partial charge in [-0.1, -0.05) is 24.3 Å². The number of benzene rings is 1. The van der Waals surface area contributed by atoms with Gasteiger partial charge in [-0.2, -0.15) is 0 Å². The summed E-state index contributed by atoms with van der Waals surface area (Å²) in [4.78, 5) is 0. The van der Waals surface area contributed by atoms with Crippen molar-refractivity contribution in [3.8, 4) is 0 Å². The van der Waals surface area contributed by atoms with E-state index in [9.17, 15) is 0 Å². The molecule has 0 bridgehead atoms. The Morgan fingerprint density at radius 1 is 1.40 bits per heavy atom. The zero-order valence-corrected chi connectivity index (χ0v) is 5.91. The van der Waals surface area contributed by atoms with Gasteiger partial charge in [-0.05, 0) is 18.1 Å². The second-order valence-electron chi connectivity index (χ2n) is 2.30. The van der Waals surface area contributed by atoms with Crippen LogP contribution in [0, 0.1) is 6.92 Å². The van der Waals surface area contributed by atoms with Crippen molar-refractivity contribution < 1.29 is 5.11 Å². The molecule has 0 saturated heterocycles. The molecule has 0 amide bonds. The van der Waals surface area contributed by atoms with Crippen molar-refractivity contribution in [3.63, 3.8) is 0 Å². The summed E-state index contributed by atoms with van der Waals surface area (Å²) in [5.41, 5.74) is 7.09. The number of aliphatic hydroxyl groups excluding tert-OH is 1. The molecule has 1 atom stereocenters. The van der Waals surface area contributed by atoms with Crippen LogP contribution in [0.15, 0.2) is 24.3 Å². The Balaban J connectivity index is 3.03. The van der Waals surface area contributed by atoms with Crippen LogP contribution in [0.5, 0.6) is 0 Å². The maximum Gasteiger partial charge on any atom is 0.128 e. The third kappa shape index (κ3) is 1.35. The maximum absolute atomic E-state index is 8.98. The Hall–Kier alpha value is -0.860. The highest BCUT2D eigenvalue weighted by molar-refractivity contribution is 5.26. The van der Waals surface area contributed by atoms with Crippen molar-refractivity contribution in [2.24, 2.45) is 5.73 Å². The van der Waals surface area contributed by atoms with Gasteiger partial charge in [0, 0.05) is 0 Å². The van der Waals surface area contributed by atoms with Gasteiger partial charge in [0.25, 0.3) is 0 Å². The van der Waals surface area contributed by atoms with E-state index in [2.05, 4.69) is 0 Å². The molecule has 0 aromatic heterocycles. The van der Waals surface area contributed by atoms with E-state index in [1.54, 1.807) is 0 Å². The topological polar surface area (TPSA) is 46.2 Å². The summed E-state index contributed by atoms with van der Waals surface area (Å²) >= 11 is 0. The van der Waals surface area contributed by atoms with Crippen LogP contribution in [0.1, 0.15) is 17.4 Å². The van der Waals surface area contributed by atoms with Crippen LogP contribution in [-0.4, -0.2) is 5.11 Å². The van der Waals surface area contributed by atoms with E-state index >= 15 is 0 Å². The van der Waals surface area contributed by atoms with Crippen LogP contribution in [-0.2, 0) is 0 Å². The second kappa shape index (κ2) is 2.82. The van der Waals surface area contributed by atoms with Gasteiger partial charge in [-0.25, -0.2) is 0 Å². The van der Waals surface area contributed by atoms with Gasteiger partial charge in [-0.15, -0.1) is 0 Å². The number of aliphatic hydroxyl groups is 1. The zero-order chi connectivity index (χ0) is 7.56. The third-order valence-corrected chi connectivity index (χ3v) is 1.51. The fraction of sp³-hybridized carbons (Fsp3) is 0.250. The third-order valence-electron chi connectivity index (χ3n) is 1.51. The average molecular weight is 137 g/mol. The van der Waals surface area contributed by atoms with Gasteiger partial charge in [0.15, 0.2) is 0 Å². The van der Waals surface area contributed by atoms with Gasteiger partial charge in [-0.3, -0.25) is 0 Å². The largest absolute Gasteiger partial charge is 0.375 e. The van der Waals surface area contributed by atoms with Gasteiger partial charge in [0.05, 0.1) is 0 Å². The molecule has 1 aromatic rings. The summed E-state index contributed by atoms with van der Waals surface area (Å²) in [6, 6.07) is 7.52. The lowest BCUT2D eigenvalue weighted by Gasteiger charge is -2.06. The fourth-order valence-electron chi connectivity index (χ4n) is 0.919. The molecule has 54 valence electrons. The lowest BCUT2D eigenvalue weighted by Crippen LogP contribution is -2.09. The number of hydrogen-bond acceptors (Lipinski definition) is 2. The Labute approximate surface area is 60.3 Å². The summed E-state index contributed by atoms with van der Waals surface area (Å²) in [6.45, 7) is 1.92. The van der Waals surface area contributed by atoms with Crippen molar-refractivity contribution in [3.05, 3.63) is 35.4 Å². The van der Waals surface area contributed by atoms with Crippen LogP contribution < -0.4 is 5.73 Å². The summed E-state index contributed by atoms with van der Waals surface area (Å²) in [5.74, 6) is 0. The van der Waals surface area contributed by atoms with E-state index in [4.69, 9.17) is 10.8 Å². The Kier molecular flexibility index (Phi) is 2.04. The Morgan fingerprint density at radius 3 is 2.40 bits per heavy atom. The van der Waals surface area contributed by atoms with Gasteiger partial charge >= 0.3 is 0 Å². The SMILES string of the molecule is Cc1ccccc1C(N)O. The lowest BCUT2D eigenvalue weighted by atomic mass is 10.1. The number of hydrogen-bond donors (Lipinski definition) is 2. The van der Waals surface area contributed by atoms with E-state index in [0.29, 0.717) is 0 Å². The van der Waals surface area contributed by atoms with Crippen LogP contribution >= 0.6 is 0 Å². The van der Waals surface area contributed by atoms with Gasteiger partial charge in [0.2, 0.25) is 0 Å². The first kappa shape index (κ1) is 7.25. The molecular weight excluding hydrogens is 126 g/mol. The number of nitrogens with two attached hydrogens (primary N) is 1. The molecule has 0 radical (unpaired) electrons. The fourth-order valence-corrected chi connectivity index (χ4v) is 0.919. The Bertz CT molecular complexity index is 220. The molecule has 1 unspecified atom stereocenters. The van der Waals surface area contributed by atoms with Crippen molar-refractivity contribution in [2.75, 3.05) is 0 Å². The molecule has 2 nitrogen and oxygen atoms in total.